The molecule has 1 fully saturated rings. The summed E-state index contributed by atoms with van der Waals surface area (Å²) in [5, 5.41) is 11.8. The molecule has 2 aliphatic heterocycles. The molecule has 38 heavy (non-hydrogen) atoms. The maximum atomic E-state index is 12.7. The topological polar surface area (TPSA) is 93.9 Å². The highest BCUT2D eigenvalue weighted by Gasteiger charge is 2.35. The van der Waals surface area contributed by atoms with Gasteiger partial charge in [-0.15, -0.1) is 0 Å². The molecule has 8 heteroatoms. The summed E-state index contributed by atoms with van der Waals surface area (Å²) in [6, 6.07) is 9.93. The number of aryl methyl sites for hydroxylation is 1. The number of nitrogens with zero attached hydrogens (tertiary/aromatic N) is 3. The Labute approximate surface area is 222 Å². The Balaban J connectivity index is 1.51. The van der Waals surface area contributed by atoms with Crippen LogP contribution >= 0.6 is 0 Å². The van der Waals surface area contributed by atoms with E-state index in [1.165, 1.54) is 7.11 Å². The zero-order chi connectivity index (χ0) is 26.6. The second-order valence-electron chi connectivity index (χ2n) is 11.0. The predicted molar refractivity (Wildman–Crippen MR) is 144 cm³/mol. The first-order valence-corrected chi connectivity index (χ1v) is 13.7. The molecule has 0 spiro atoms. The SMILES string of the molecule is COC(=O)N1c2ccc3c(nc([C@H](O)c4ccc5c(c4)CCO5)n3[C@@H]3CCC[C@@H](C(C)=O)C3)c2CC[C@@H]1C. The minimum atomic E-state index is -0.930. The lowest BCUT2D eigenvalue weighted by Crippen LogP contribution is -2.42. The van der Waals surface area contributed by atoms with Crippen molar-refractivity contribution in [3.8, 4) is 5.75 Å². The van der Waals surface area contributed by atoms with Crippen LogP contribution < -0.4 is 9.64 Å². The number of anilines is 1. The van der Waals surface area contributed by atoms with E-state index in [4.69, 9.17) is 14.5 Å². The van der Waals surface area contributed by atoms with Gasteiger partial charge in [0.15, 0.2) is 0 Å². The van der Waals surface area contributed by atoms with Gasteiger partial charge in [-0.3, -0.25) is 9.69 Å². The summed E-state index contributed by atoms with van der Waals surface area (Å²) in [7, 11) is 1.40. The first-order valence-electron chi connectivity index (χ1n) is 13.7. The summed E-state index contributed by atoms with van der Waals surface area (Å²) in [5.74, 6) is 1.70. The van der Waals surface area contributed by atoms with Gasteiger partial charge in [0.25, 0.3) is 0 Å². The number of carbonyl (C=O) groups excluding carboxylic acids is 2. The van der Waals surface area contributed by atoms with Gasteiger partial charge in [-0.1, -0.05) is 12.5 Å². The zero-order valence-corrected chi connectivity index (χ0v) is 22.3. The van der Waals surface area contributed by atoms with Gasteiger partial charge in [-0.05, 0) is 81.3 Å². The standard InChI is InChI=1S/C30H35N3O5/c1-17-7-9-23-24(32(17)30(36)37-3)10-11-25-27(23)31-29(33(25)22-6-4-5-19(16-22)18(2)34)28(35)21-8-12-26-20(15-21)13-14-38-26/h8,10-12,15,17,19,22,28,35H,4-7,9,13-14,16H2,1-3H3/t17-,19+,22+,28+/m0/s1. The van der Waals surface area contributed by atoms with Gasteiger partial charge in [0, 0.05) is 30.0 Å². The molecule has 3 aliphatic rings. The quantitative estimate of drug-likeness (QED) is 0.506. The number of Topliss-reactive ketones (excluding diaryl/α,β-unsaturated/α-hetero) is 1. The first-order chi connectivity index (χ1) is 18.4. The third-order valence-corrected chi connectivity index (χ3v) is 8.71. The van der Waals surface area contributed by atoms with Crippen LogP contribution in [0.1, 0.15) is 80.6 Å². The Kier molecular flexibility index (Phi) is 6.38. The highest BCUT2D eigenvalue weighted by molar-refractivity contribution is 5.95. The van der Waals surface area contributed by atoms with Crippen molar-refractivity contribution in [1.29, 1.82) is 0 Å². The first kappa shape index (κ1) is 24.9. The van der Waals surface area contributed by atoms with Crippen LogP contribution in [0.25, 0.3) is 11.0 Å². The number of carbonyl (C=O) groups is 2. The minimum absolute atomic E-state index is 0.0154. The van der Waals surface area contributed by atoms with E-state index >= 15 is 0 Å². The van der Waals surface area contributed by atoms with E-state index in [1.54, 1.807) is 11.8 Å². The number of imidazole rings is 1. The Bertz CT molecular complexity index is 1410. The lowest BCUT2D eigenvalue weighted by atomic mass is 9.83. The largest absolute Gasteiger partial charge is 0.493 e. The molecule has 6 rings (SSSR count). The fourth-order valence-corrected chi connectivity index (χ4v) is 6.66. The van der Waals surface area contributed by atoms with Crippen LogP contribution in [0, 0.1) is 5.92 Å². The monoisotopic (exact) mass is 517 g/mol. The number of hydrogen-bond donors (Lipinski definition) is 1. The van der Waals surface area contributed by atoms with E-state index in [0.717, 1.165) is 84.1 Å². The average molecular weight is 518 g/mol. The van der Waals surface area contributed by atoms with Crippen molar-refractivity contribution in [3.63, 3.8) is 0 Å². The fourth-order valence-electron chi connectivity index (χ4n) is 6.66. The molecule has 3 heterocycles. The number of amides is 1. The summed E-state index contributed by atoms with van der Waals surface area (Å²) in [6.45, 7) is 4.36. The predicted octanol–water partition coefficient (Wildman–Crippen LogP) is 5.28. The van der Waals surface area contributed by atoms with Crippen molar-refractivity contribution >= 4 is 28.6 Å². The maximum absolute atomic E-state index is 12.7. The smallest absolute Gasteiger partial charge is 0.414 e. The van der Waals surface area contributed by atoms with Crippen LogP contribution in [0.15, 0.2) is 30.3 Å². The van der Waals surface area contributed by atoms with E-state index in [2.05, 4.69) is 4.57 Å². The summed E-state index contributed by atoms with van der Waals surface area (Å²) in [5.41, 5.74) is 5.44. The van der Waals surface area contributed by atoms with Gasteiger partial charge >= 0.3 is 6.09 Å². The number of ether oxygens (including phenoxy) is 2. The number of aliphatic hydroxyl groups is 1. The van der Waals surface area contributed by atoms with Crippen molar-refractivity contribution in [2.24, 2.45) is 5.92 Å². The number of ketones is 1. The van der Waals surface area contributed by atoms with E-state index < -0.39 is 6.10 Å². The van der Waals surface area contributed by atoms with Crippen LogP contribution in [0.3, 0.4) is 0 Å². The molecule has 1 saturated carbocycles. The normalized spacial score (nSPS) is 23.5. The molecule has 1 aromatic heterocycles. The van der Waals surface area contributed by atoms with Crippen molar-refractivity contribution < 1.29 is 24.2 Å². The number of methoxy groups -OCH3 is 1. The lowest BCUT2D eigenvalue weighted by Gasteiger charge is -2.34. The molecule has 1 amide bonds. The zero-order valence-electron chi connectivity index (χ0n) is 22.3. The van der Waals surface area contributed by atoms with Crippen molar-refractivity contribution in [3.05, 3.63) is 52.8 Å². The Hall–Kier alpha value is -3.39. The molecular formula is C30H35N3O5. The van der Waals surface area contributed by atoms with Crippen LogP contribution in [0.4, 0.5) is 10.5 Å². The molecule has 2 aromatic carbocycles. The molecule has 8 nitrogen and oxygen atoms in total. The third kappa shape index (κ3) is 4.06. The third-order valence-electron chi connectivity index (χ3n) is 8.71. The van der Waals surface area contributed by atoms with Gasteiger partial charge in [-0.2, -0.15) is 0 Å². The second-order valence-corrected chi connectivity index (χ2v) is 11.0. The lowest BCUT2D eigenvalue weighted by molar-refractivity contribution is -0.122. The van der Waals surface area contributed by atoms with Gasteiger partial charge < -0.3 is 19.1 Å². The van der Waals surface area contributed by atoms with Gasteiger partial charge in [0.1, 0.15) is 23.5 Å². The number of benzene rings is 2. The van der Waals surface area contributed by atoms with Crippen molar-refractivity contribution in [2.75, 3.05) is 18.6 Å². The number of rotatable bonds is 4. The average Bonchev–Trinajstić information content (AvgIpc) is 3.56. The van der Waals surface area contributed by atoms with Crippen LogP contribution in [0.2, 0.25) is 0 Å². The van der Waals surface area contributed by atoms with E-state index in [1.807, 2.05) is 37.3 Å². The fraction of sp³-hybridized carbons (Fsp3) is 0.500. The molecule has 0 unspecified atom stereocenters. The molecule has 0 saturated heterocycles. The van der Waals surface area contributed by atoms with E-state index in [0.29, 0.717) is 12.4 Å². The number of aromatic nitrogens is 2. The molecular weight excluding hydrogens is 482 g/mol. The summed E-state index contributed by atoms with van der Waals surface area (Å²) >= 11 is 0. The minimum Gasteiger partial charge on any atom is -0.493 e. The van der Waals surface area contributed by atoms with Crippen molar-refractivity contribution in [2.45, 2.75) is 77.0 Å². The summed E-state index contributed by atoms with van der Waals surface area (Å²) < 4.78 is 13.0. The second kappa shape index (κ2) is 9.73. The van der Waals surface area contributed by atoms with E-state index in [-0.39, 0.29) is 29.9 Å². The summed E-state index contributed by atoms with van der Waals surface area (Å²) in [4.78, 5) is 31.8. The highest BCUT2D eigenvalue weighted by atomic mass is 16.5. The molecule has 1 aliphatic carbocycles. The Morgan fingerprint density at radius 1 is 1.16 bits per heavy atom. The molecule has 3 aromatic rings. The highest BCUT2D eigenvalue weighted by Crippen LogP contribution is 2.42. The number of aliphatic hydroxyl groups excluding tert-OH is 1. The van der Waals surface area contributed by atoms with Crippen LogP contribution in [0.5, 0.6) is 5.75 Å². The van der Waals surface area contributed by atoms with Gasteiger partial charge in [-0.25, -0.2) is 9.78 Å². The van der Waals surface area contributed by atoms with Gasteiger partial charge in [0.05, 0.1) is 30.4 Å². The molecule has 0 bridgehead atoms. The van der Waals surface area contributed by atoms with Crippen LogP contribution in [-0.4, -0.2) is 46.3 Å². The number of fused-ring (bicyclic) bond motifs is 4. The molecule has 4 atom stereocenters. The number of hydrogen-bond acceptors (Lipinski definition) is 6. The Morgan fingerprint density at radius 2 is 2.00 bits per heavy atom. The van der Waals surface area contributed by atoms with Gasteiger partial charge in [0.2, 0.25) is 0 Å². The molecule has 200 valence electrons. The van der Waals surface area contributed by atoms with Crippen molar-refractivity contribution in [1.82, 2.24) is 9.55 Å². The van der Waals surface area contributed by atoms with E-state index in [9.17, 15) is 14.7 Å². The molecule has 0 radical (unpaired) electrons. The summed E-state index contributed by atoms with van der Waals surface area (Å²) in [6.07, 6.45) is 4.62. The maximum Gasteiger partial charge on any atom is 0.414 e. The molecule has 1 N–H and O–H groups in total. The Morgan fingerprint density at radius 3 is 2.79 bits per heavy atom. The van der Waals surface area contributed by atoms with Crippen LogP contribution in [-0.2, 0) is 22.4 Å².